The van der Waals surface area contributed by atoms with Crippen LogP contribution in [0.25, 0.3) is 16.7 Å². The van der Waals surface area contributed by atoms with Gasteiger partial charge in [-0.05, 0) is 68.2 Å². The Morgan fingerprint density at radius 1 is 1.16 bits per heavy atom. The van der Waals surface area contributed by atoms with E-state index >= 15 is 0 Å². The molecular weight excluding hydrogens is 480 g/mol. The van der Waals surface area contributed by atoms with Crippen LogP contribution in [0.2, 0.25) is 0 Å². The van der Waals surface area contributed by atoms with Crippen LogP contribution < -0.4 is 16.2 Å². The Bertz CT molecular complexity index is 1630. The summed E-state index contributed by atoms with van der Waals surface area (Å²) in [6, 6.07) is 11.1. The first kappa shape index (κ1) is 24.1. The summed E-state index contributed by atoms with van der Waals surface area (Å²) in [4.78, 5) is 31.6. The molecule has 4 aromatic rings. The zero-order valence-electron chi connectivity index (χ0n) is 20.1. The standard InChI is InChI=1S/C27H23F2N5O3/c1-3-4-24(35)32(2)18-14-19(15-18)33-22-11-12-31-26(30)25(22)34(27(33)36)17-6-8-20(9-7-17)37-23-10-5-16(28)13-21(23)29/h5-13,18-19H,14-15H2,1-2H3,(H2,30,31). The van der Waals surface area contributed by atoms with E-state index in [1.807, 2.05) is 0 Å². The van der Waals surface area contributed by atoms with E-state index in [1.54, 1.807) is 60.0 Å². The quantitative estimate of drug-likeness (QED) is 0.415. The van der Waals surface area contributed by atoms with Gasteiger partial charge in [0.15, 0.2) is 11.6 Å². The summed E-state index contributed by atoms with van der Waals surface area (Å²) in [5.74, 6) is 3.76. The second-order valence-corrected chi connectivity index (χ2v) is 8.79. The van der Waals surface area contributed by atoms with Gasteiger partial charge in [0.05, 0.1) is 11.2 Å². The van der Waals surface area contributed by atoms with Crippen molar-refractivity contribution in [3.63, 3.8) is 0 Å². The molecule has 1 amide bonds. The van der Waals surface area contributed by atoms with Gasteiger partial charge in [0.25, 0.3) is 5.91 Å². The zero-order valence-corrected chi connectivity index (χ0v) is 20.1. The van der Waals surface area contributed by atoms with Crippen LogP contribution in [0.15, 0.2) is 59.5 Å². The van der Waals surface area contributed by atoms with Crippen molar-refractivity contribution >= 4 is 22.8 Å². The van der Waals surface area contributed by atoms with Gasteiger partial charge in [-0.3, -0.25) is 13.9 Å². The predicted octanol–water partition coefficient (Wildman–Crippen LogP) is 4.03. The van der Waals surface area contributed by atoms with Crippen LogP contribution in [-0.2, 0) is 4.79 Å². The maximum absolute atomic E-state index is 14.0. The Labute approximate surface area is 210 Å². The molecule has 5 rings (SSSR count). The van der Waals surface area contributed by atoms with Gasteiger partial charge in [-0.25, -0.2) is 18.6 Å². The van der Waals surface area contributed by atoms with Crippen LogP contribution in [0.3, 0.4) is 0 Å². The number of amides is 1. The molecule has 0 radical (unpaired) electrons. The van der Waals surface area contributed by atoms with Crippen LogP contribution in [0.1, 0.15) is 25.8 Å². The minimum absolute atomic E-state index is 0.0221. The van der Waals surface area contributed by atoms with Crippen molar-refractivity contribution in [1.82, 2.24) is 19.0 Å². The number of anilines is 1. The lowest BCUT2D eigenvalue weighted by atomic mass is 9.85. The number of carbonyl (C=O) groups is 1. The molecular formula is C27H23F2N5O3. The van der Waals surface area contributed by atoms with Gasteiger partial charge in [-0.1, -0.05) is 5.92 Å². The van der Waals surface area contributed by atoms with E-state index in [0.29, 0.717) is 35.3 Å². The number of aromatic nitrogens is 3. The molecule has 1 saturated carbocycles. The van der Waals surface area contributed by atoms with Gasteiger partial charge in [-0.15, -0.1) is 0 Å². The number of nitrogens with zero attached hydrogens (tertiary/aromatic N) is 4. The molecule has 0 bridgehead atoms. The fourth-order valence-corrected chi connectivity index (χ4v) is 4.58. The molecule has 37 heavy (non-hydrogen) atoms. The number of carbonyl (C=O) groups excluding carboxylic acids is 1. The molecule has 1 aliphatic rings. The van der Waals surface area contributed by atoms with Crippen molar-refractivity contribution in [2.75, 3.05) is 12.8 Å². The molecule has 0 spiro atoms. The van der Waals surface area contributed by atoms with E-state index in [-0.39, 0.29) is 35.2 Å². The third-order valence-corrected chi connectivity index (χ3v) is 6.58. The topological polar surface area (TPSA) is 95.4 Å². The second-order valence-electron chi connectivity index (χ2n) is 8.79. The highest BCUT2D eigenvalue weighted by Gasteiger charge is 2.37. The second kappa shape index (κ2) is 9.43. The molecule has 0 unspecified atom stereocenters. The van der Waals surface area contributed by atoms with Crippen LogP contribution in [-0.4, -0.2) is 38.0 Å². The lowest BCUT2D eigenvalue weighted by Crippen LogP contribution is -2.47. The predicted molar refractivity (Wildman–Crippen MR) is 134 cm³/mol. The number of hydrogen-bond donors (Lipinski definition) is 1. The van der Waals surface area contributed by atoms with Gasteiger partial charge >= 0.3 is 5.69 Å². The Kier molecular flexibility index (Phi) is 6.13. The minimum Gasteiger partial charge on any atom is -0.454 e. The van der Waals surface area contributed by atoms with Crippen LogP contribution in [0, 0.1) is 23.5 Å². The number of nitrogens with two attached hydrogens (primary N) is 1. The molecule has 8 nitrogen and oxygen atoms in total. The van der Waals surface area contributed by atoms with Crippen molar-refractivity contribution in [2.45, 2.75) is 31.8 Å². The molecule has 0 atom stereocenters. The van der Waals surface area contributed by atoms with Gasteiger partial charge < -0.3 is 15.4 Å². The zero-order chi connectivity index (χ0) is 26.3. The van der Waals surface area contributed by atoms with E-state index in [1.165, 1.54) is 10.6 Å². The van der Waals surface area contributed by atoms with Crippen molar-refractivity contribution < 1.29 is 18.3 Å². The van der Waals surface area contributed by atoms with Gasteiger partial charge in [0, 0.05) is 31.4 Å². The van der Waals surface area contributed by atoms with Gasteiger partial charge in [0.2, 0.25) is 0 Å². The van der Waals surface area contributed by atoms with Crippen LogP contribution in [0.5, 0.6) is 11.5 Å². The normalized spacial score (nSPS) is 16.5. The first-order valence-electron chi connectivity index (χ1n) is 11.6. The average molecular weight is 504 g/mol. The number of halogens is 2. The molecule has 10 heteroatoms. The summed E-state index contributed by atoms with van der Waals surface area (Å²) in [7, 11) is 1.71. The highest BCUT2D eigenvalue weighted by molar-refractivity contribution is 5.93. The van der Waals surface area contributed by atoms with Crippen molar-refractivity contribution in [2.24, 2.45) is 0 Å². The number of rotatable bonds is 5. The number of ether oxygens (including phenoxy) is 1. The van der Waals surface area contributed by atoms with E-state index in [0.717, 1.165) is 12.1 Å². The fraction of sp³-hybridized carbons (Fsp3) is 0.222. The van der Waals surface area contributed by atoms with Crippen molar-refractivity contribution in [1.29, 1.82) is 0 Å². The number of nitrogen functional groups attached to an aromatic ring is 1. The highest BCUT2D eigenvalue weighted by atomic mass is 19.1. The van der Waals surface area contributed by atoms with E-state index < -0.39 is 11.6 Å². The third-order valence-electron chi connectivity index (χ3n) is 6.58. The first-order chi connectivity index (χ1) is 17.8. The Balaban J connectivity index is 1.47. The summed E-state index contributed by atoms with van der Waals surface area (Å²) in [5, 5.41) is 0. The Morgan fingerprint density at radius 3 is 2.57 bits per heavy atom. The molecule has 188 valence electrons. The molecule has 2 aromatic heterocycles. The van der Waals surface area contributed by atoms with E-state index in [2.05, 4.69) is 16.8 Å². The number of benzene rings is 2. The molecule has 1 aliphatic carbocycles. The molecule has 2 heterocycles. The van der Waals surface area contributed by atoms with Crippen LogP contribution in [0.4, 0.5) is 14.6 Å². The maximum atomic E-state index is 14.0. The largest absolute Gasteiger partial charge is 0.454 e. The number of hydrogen-bond acceptors (Lipinski definition) is 5. The SMILES string of the molecule is CC#CC(=O)N(C)C1CC(n2c(=O)n(-c3ccc(Oc4ccc(F)cc4F)cc3)c3c(N)nccc32)C1. The maximum Gasteiger partial charge on any atom is 0.334 e. The highest BCUT2D eigenvalue weighted by Crippen LogP contribution is 2.37. The van der Waals surface area contributed by atoms with Crippen LogP contribution >= 0.6 is 0 Å². The van der Waals surface area contributed by atoms with Crippen molar-refractivity contribution in [3.05, 3.63) is 76.8 Å². The summed E-state index contributed by atoms with van der Waals surface area (Å²) >= 11 is 0. The van der Waals surface area contributed by atoms with E-state index in [9.17, 15) is 18.4 Å². The molecule has 0 saturated heterocycles. The monoisotopic (exact) mass is 503 g/mol. The first-order valence-corrected chi connectivity index (χ1v) is 11.6. The number of fused-ring (bicyclic) bond motifs is 1. The van der Waals surface area contributed by atoms with E-state index in [4.69, 9.17) is 10.5 Å². The summed E-state index contributed by atoms with van der Waals surface area (Å²) in [6.07, 6.45) is 2.75. The van der Waals surface area contributed by atoms with Gasteiger partial charge in [0.1, 0.15) is 22.9 Å². The van der Waals surface area contributed by atoms with Crippen molar-refractivity contribution in [3.8, 4) is 29.0 Å². The number of pyridine rings is 1. The third kappa shape index (κ3) is 4.29. The minimum atomic E-state index is -0.824. The average Bonchev–Trinajstić information content (AvgIpc) is 3.13. The Hall–Kier alpha value is -4.65. The van der Waals surface area contributed by atoms with Gasteiger partial charge in [-0.2, -0.15) is 0 Å². The number of imidazole rings is 1. The Morgan fingerprint density at radius 2 is 1.89 bits per heavy atom. The molecule has 2 aromatic carbocycles. The molecule has 1 fully saturated rings. The lowest BCUT2D eigenvalue weighted by Gasteiger charge is -2.40. The lowest BCUT2D eigenvalue weighted by molar-refractivity contribution is -0.128. The fourth-order valence-electron chi connectivity index (χ4n) is 4.58. The molecule has 0 aliphatic heterocycles. The summed E-state index contributed by atoms with van der Waals surface area (Å²) in [6.45, 7) is 1.61. The summed E-state index contributed by atoms with van der Waals surface area (Å²) < 4.78 is 35.8. The molecule has 2 N–H and O–H groups in total. The summed E-state index contributed by atoms with van der Waals surface area (Å²) in [5.41, 5.74) is 7.52. The smallest absolute Gasteiger partial charge is 0.334 e.